The van der Waals surface area contributed by atoms with Crippen molar-refractivity contribution in [2.24, 2.45) is 5.92 Å². The molecular formula is C27H48O2. The second kappa shape index (κ2) is 23.0. The van der Waals surface area contributed by atoms with Gasteiger partial charge in [-0.15, -0.1) is 13.2 Å². The molecule has 0 aromatic rings. The van der Waals surface area contributed by atoms with E-state index < -0.39 is 0 Å². The van der Waals surface area contributed by atoms with Crippen LogP contribution in [-0.4, -0.2) is 12.6 Å². The summed E-state index contributed by atoms with van der Waals surface area (Å²) in [6, 6.07) is 0. The van der Waals surface area contributed by atoms with E-state index in [9.17, 15) is 4.79 Å². The van der Waals surface area contributed by atoms with E-state index in [1.165, 1.54) is 109 Å². The molecule has 2 nitrogen and oxygen atoms in total. The first-order valence-corrected chi connectivity index (χ1v) is 12.3. The molecule has 168 valence electrons. The zero-order chi connectivity index (χ0) is 21.4. The number of allylic oxidation sites excluding steroid dienone is 2. The van der Waals surface area contributed by atoms with Crippen molar-refractivity contribution in [3.63, 3.8) is 0 Å². The Morgan fingerprint density at radius 1 is 0.621 bits per heavy atom. The van der Waals surface area contributed by atoms with Crippen LogP contribution in [0.2, 0.25) is 0 Å². The molecule has 0 unspecified atom stereocenters. The van der Waals surface area contributed by atoms with E-state index in [0.29, 0.717) is 12.5 Å². The molecule has 0 bridgehead atoms. The topological polar surface area (TPSA) is 26.3 Å². The van der Waals surface area contributed by atoms with Crippen molar-refractivity contribution >= 4 is 5.97 Å². The van der Waals surface area contributed by atoms with E-state index in [1.807, 2.05) is 12.2 Å². The van der Waals surface area contributed by atoms with E-state index in [-0.39, 0.29) is 5.97 Å². The zero-order valence-corrected chi connectivity index (χ0v) is 19.2. The number of carbonyl (C=O) groups excluding carboxylic acids is 1. The quantitative estimate of drug-likeness (QED) is 0.0736. The maximum atomic E-state index is 11.4. The average Bonchev–Trinajstić information content (AvgIpc) is 2.74. The molecule has 0 amide bonds. The van der Waals surface area contributed by atoms with Gasteiger partial charge >= 0.3 is 5.97 Å². The highest BCUT2D eigenvalue weighted by molar-refractivity contribution is 5.81. The molecular weight excluding hydrogens is 356 g/mol. The number of hydrogen-bond acceptors (Lipinski definition) is 2. The fraction of sp³-hybridized carbons (Fsp3) is 0.741. The number of esters is 1. The number of hydrogen-bond donors (Lipinski definition) is 0. The van der Waals surface area contributed by atoms with E-state index in [2.05, 4.69) is 19.7 Å². The van der Waals surface area contributed by atoms with Crippen LogP contribution in [0, 0.1) is 5.92 Å². The Morgan fingerprint density at radius 3 is 1.38 bits per heavy atom. The predicted molar refractivity (Wildman–Crippen MR) is 128 cm³/mol. The lowest BCUT2D eigenvalue weighted by Gasteiger charge is -2.16. The molecule has 0 saturated heterocycles. The van der Waals surface area contributed by atoms with Gasteiger partial charge in [-0.1, -0.05) is 95.8 Å². The summed E-state index contributed by atoms with van der Waals surface area (Å²) in [6.45, 7) is 11.6. The summed E-state index contributed by atoms with van der Waals surface area (Å²) in [6.07, 6.45) is 28.4. The molecule has 0 radical (unpaired) electrons. The number of ether oxygens (including phenoxy) is 1. The van der Waals surface area contributed by atoms with Crippen LogP contribution in [0.4, 0.5) is 0 Å². The molecule has 0 aromatic carbocycles. The standard InChI is InChI=1S/C27H48O2/c1-4-7-9-11-13-15-17-19-21-23-26(25-29-27(28)6-3)24-22-20-18-16-14-12-10-8-5-2/h4-6,26H,1-3,7-25H2. The Labute approximate surface area is 181 Å². The van der Waals surface area contributed by atoms with Gasteiger partial charge < -0.3 is 4.74 Å². The van der Waals surface area contributed by atoms with Crippen LogP contribution in [-0.2, 0) is 9.53 Å². The summed E-state index contributed by atoms with van der Waals surface area (Å²) in [4.78, 5) is 11.4. The summed E-state index contributed by atoms with van der Waals surface area (Å²) in [5, 5.41) is 0. The summed E-state index contributed by atoms with van der Waals surface area (Å²) >= 11 is 0. The first-order chi connectivity index (χ1) is 14.2. The number of carbonyl (C=O) groups is 1. The third kappa shape index (κ3) is 21.2. The zero-order valence-electron chi connectivity index (χ0n) is 19.2. The van der Waals surface area contributed by atoms with Crippen molar-refractivity contribution in [3.8, 4) is 0 Å². The third-order valence-electron chi connectivity index (χ3n) is 5.67. The monoisotopic (exact) mass is 404 g/mol. The minimum Gasteiger partial charge on any atom is -0.462 e. The van der Waals surface area contributed by atoms with Gasteiger partial charge in [-0.2, -0.15) is 0 Å². The Kier molecular flexibility index (Phi) is 21.9. The predicted octanol–water partition coefficient (Wildman–Crippen LogP) is 8.73. The second-order valence-corrected chi connectivity index (χ2v) is 8.38. The van der Waals surface area contributed by atoms with Crippen molar-refractivity contribution in [1.82, 2.24) is 0 Å². The molecule has 0 aliphatic rings. The van der Waals surface area contributed by atoms with Gasteiger partial charge in [-0.05, 0) is 44.4 Å². The normalized spacial score (nSPS) is 10.8. The smallest absolute Gasteiger partial charge is 0.330 e. The van der Waals surface area contributed by atoms with E-state index in [0.717, 1.165) is 12.8 Å². The van der Waals surface area contributed by atoms with Crippen LogP contribution in [0.15, 0.2) is 38.0 Å². The van der Waals surface area contributed by atoms with Gasteiger partial charge in [0.05, 0.1) is 6.61 Å². The Hall–Kier alpha value is -1.31. The van der Waals surface area contributed by atoms with Gasteiger partial charge in [0, 0.05) is 6.08 Å². The van der Waals surface area contributed by atoms with Crippen LogP contribution >= 0.6 is 0 Å². The molecule has 0 fully saturated rings. The summed E-state index contributed by atoms with van der Waals surface area (Å²) in [5.41, 5.74) is 0. The Balaban J connectivity index is 3.80. The second-order valence-electron chi connectivity index (χ2n) is 8.38. The molecule has 2 heteroatoms. The third-order valence-corrected chi connectivity index (χ3v) is 5.67. The highest BCUT2D eigenvalue weighted by Gasteiger charge is 2.11. The van der Waals surface area contributed by atoms with Gasteiger partial charge in [0.25, 0.3) is 0 Å². The van der Waals surface area contributed by atoms with Crippen LogP contribution in [0.3, 0.4) is 0 Å². The first kappa shape index (κ1) is 27.7. The SMILES string of the molecule is C=CCCCCCCCCCC(CCCCCCCCCC=C)COC(=O)C=C. The van der Waals surface area contributed by atoms with Crippen LogP contribution in [0.1, 0.15) is 116 Å². The van der Waals surface area contributed by atoms with Gasteiger partial charge in [0.15, 0.2) is 0 Å². The summed E-state index contributed by atoms with van der Waals surface area (Å²) in [7, 11) is 0. The maximum absolute atomic E-state index is 11.4. The Bertz CT molecular complexity index is 373. The molecule has 0 aromatic heterocycles. The van der Waals surface area contributed by atoms with E-state index in [4.69, 9.17) is 4.74 Å². The summed E-state index contributed by atoms with van der Waals surface area (Å²) in [5.74, 6) is 0.230. The maximum Gasteiger partial charge on any atom is 0.330 e. The lowest BCUT2D eigenvalue weighted by molar-refractivity contribution is -0.139. The van der Waals surface area contributed by atoms with Crippen molar-refractivity contribution in [3.05, 3.63) is 38.0 Å². The highest BCUT2D eigenvalue weighted by Crippen LogP contribution is 2.20. The largest absolute Gasteiger partial charge is 0.462 e. The molecule has 0 saturated carbocycles. The van der Waals surface area contributed by atoms with Crippen molar-refractivity contribution in [1.29, 1.82) is 0 Å². The minimum atomic E-state index is -0.283. The highest BCUT2D eigenvalue weighted by atomic mass is 16.5. The first-order valence-electron chi connectivity index (χ1n) is 12.3. The van der Waals surface area contributed by atoms with Gasteiger partial charge in [0.2, 0.25) is 0 Å². The average molecular weight is 405 g/mol. The van der Waals surface area contributed by atoms with Crippen molar-refractivity contribution in [2.75, 3.05) is 6.61 Å². The lowest BCUT2D eigenvalue weighted by atomic mass is 9.94. The minimum absolute atomic E-state index is 0.283. The van der Waals surface area contributed by atoms with Crippen LogP contribution < -0.4 is 0 Å². The van der Waals surface area contributed by atoms with E-state index >= 15 is 0 Å². The summed E-state index contributed by atoms with van der Waals surface area (Å²) < 4.78 is 5.35. The van der Waals surface area contributed by atoms with Crippen LogP contribution in [0.5, 0.6) is 0 Å². The molecule has 29 heavy (non-hydrogen) atoms. The molecule has 0 aliphatic carbocycles. The molecule has 0 atom stereocenters. The van der Waals surface area contributed by atoms with Gasteiger partial charge in [-0.3, -0.25) is 0 Å². The molecule has 0 N–H and O–H groups in total. The number of rotatable bonds is 23. The Morgan fingerprint density at radius 2 is 1.00 bits per heavy atom. The fourth-order valence-corrected chi connectivity index (χ4v) is 3.78. The van der Waals surface area contributed by atoms with Crippen LogP contribution in [0.25, 0.3) is 0 Å². The van der Waals surface area contributed by atoms with Crippen molar-refractivity contribution in [2.45, 2.75) is 116 Å². The number of unbranched alkanes of at least 4 members (excludes halogenated alkanes) is 14. The molecule has 0 spiro atoms. The fourth-order valence-electron chi connectivity index (χ4n) is 3.78. The molecule has 0 heterocycles. The van der Waals surface area contributed by atoms with Gasteiger partial charge in [-0.25, -0.2) is 4.79 Å². The van der Waals surface area contributed by atoms with Gasteiger partial charge in [0.1, 0.15) is 0 Å². The molecule has 0 aliphatic heterocycles. The van der Waals surface area contributed by atoms with Crippen molar-refractivity contribution < 1.29 is 9.53 Å². The van der Waals surface area contributed by atoms with E-state index in [1.54, 1.807) is 0 Å². The molecule has 0 rings (SSSR count). The lowest BCUT2D eigenvalue weighted by Crippen LogP contribution is -2.13.